The van der Waals surface area contributed by atoms with Crippen molar-refractivity contribution in [2.24, 2.45) is 0 Å². The van der Waals surface area contributed by atoms with Gasteiger partial charge in [0.05, 0.1) is 11.3 Å². The van der Waals surface area contributed by atoms with E-state index in [-0.39, 0.29) is 11.6 Å². The lowest BCUT2D eigenvalue weighted by atomic mass is 10.1. The van der Waals surface area contributed by atoms with Gasteiger partial charge in [0.2, 0.25) is 0 Å². The molecule has 0 saturated carbocycles. The lowest BCUT2D eigenvalue weighted by molar-refractivity contribution is 0.0957. The quantitative estimate of drug-likeness (QED) is 0.825. The number of hydrogen-bond donors (Lipinski definition) is 1. The summed E-state index contributed by atoms with van der Waals surface area (Å²) < 4.78 is 1.43. The van der Waals surface area contributed by atoms with Gasteiger partial charge in [0.1, 0.15) is 12.4 Å². The molecular formula is C13H10N4O2. The minimum absolute atomic E-state index is 0.255. The van der Waals surface area contributed by atoms with Crippen molar-refractivity contribution in [1.82, 2.24) is 15.1 Å². The van der Waals surface area contributed by atoms with Crippen LogP contribution in [0.4, 0.5) is 0 Å². The van der Waals surface area contributed by atoms with E-state index in [0.29, 0.717) is 23.1 Å². The van der Waals surface area contributed by atoms with E-state index in [2.05, 4.69) is 10.4 Å². The monoisotopic (exact) mass is 254 g/mol. The predicted molar refractivity (Wildman–Crippen MR) is 67.1 cm³/mol. The van der Waals surface area contributed by atoms with Gasteiger partial charge in [-0.1, -0.05) is 0 Å². The molecule has 1 N–H and O–H groups in total. The van der Waals surface area contributed by atoms with Crippen LogP contribution >= 0.6 is 0 Å². The van der Waals surface area contributed by atoms with Gasteiger partial charge >= 0.3 is 0 Å². The first kappa shape index (κ1) is 12.5. The van der Waals surface area contributed by atoms with E-state index in [9.17, 15) is 9.59 Å². The Bertz CT molecular complexity index is 682. The molecule has 94 valence electrons. The molecule has 0 aliphatic rings. The maximum Gasteiger partial charge on any atom is 0.271 e. The van der Waals surface area contributed by atoms with Gasteiger partial charge in [0, 0.05) is 18.8 Å². The van der Waals surface area contributed by atoms with Crippen LogP contribution in [0, 0.1) is 11.3 Å². The molecule has 1 heterocycles. The van der Waals surface area contributed by atoms with E-state index in [4.69, 9.17) is 5.26 Å². The molecule has 0 aliphatic carbocycles. The SMILES string of the molecule is CNC(=O)c1ccn(-c2ccc(C=O)cc2C#N)n1. The van der Waals surface area contributed by atoms with Crippen LogP contribution < -0.4 is 5.32 Å². The number of hydrogen-bond acceptors (Lipinski definition) is 4. The Balaban J connectivity index is 2.47. The molecule has 0 fully saturated rings. The largest absolute Gasteiger partial charge is 0.354 e. The van der Waals surface area contributed by atoms with Crippen molar-refractivity contribution in [3.63, 3.8) is 0 Å². The molecule has 0 bridgehead atoms. The van der Waals surface area contributed by atoms with E-state index in [1.165, 1.54) is 17.8 Å². The van der Waals surface area contributed by atoms with Crippen LogP contribution in [-0.2, 0) is 0 Å². The average molecular weight is 254 g/mol. The van der Waals surface area contributed by atoms with E-state index < -0.39 is 0 Å². The Hall–Kier alpha value is -2.94. The molecule has 1 aromatic carbocycles. The fourth-order valence-corrected chi connectivity index (χ4v) is 1.62. The summed E-state index contributed by atoms with van der Waals surface area (Å²) in [7, 11) is 1.51. The summed E-state index contributed by atoms with van der Waals surface area (Å²) in [5.41, 5.74) is 1.50. The van der Waals surface area contributed by atoms with Crippen molar-refractivity contribution in [1.29, 1.82) is 5.26 Å². The molecule has 19 heavy (non-hydrogen) atoms. The van der Waals surface area contributed by atoms with Gasteiger partial charge in [-0.15, -0.1) is 0 Å². The zero-order chi connectivity index (χ0) is 13.8. The molecule has 0 spiro atoms. The van der Waals surface area contributed by atoms with Gasteiger partial charge < -0.3 is 5.32 Å². The second kappa shape index (κ2) is 5.14. The van der Waals surface area contributed by atoms with Crippen LogP contribution in [0.3, 0.4) is 0 Å². The minimum Gasteiger partial charge on any atom is -0.354 e. The Morgan fingerprint density at radius 2 is 2.26 bits per heavy atom. The van der Waals surface area contributed by atoms with Gasteiger partial charge in [0.25, 0.3) is 5.91 Å². The van der Waals surface area contributed by atoms with E-state index in [1.807, 2.05) is 6.07 Å². The topological polar surface area (TPSA) is 87.8 Å². The molecule has 0 saturated heterocycles. The molecule has 6 heteroatoms. The van der Waals surface area contributed by atoms with Gasteiger partial charge in [-0.2, -0.15) is 10.4 Å². The Morgan fingerprint density at radius 3 is 2.89 bits per heavy atom. The van der Waals surface area contributed by atoms with Crippen molar-refractivity contribution in [3.05, 3.63) is 47.3 Å². The summed E-state index contributed by atoms with van der Waals surface area (Å²) in [6.07, 6.45) is 2.25. The van der Waals surface area contributed by atoms with Crippen LogP contribution in [0.5, 0.6) is 0 Å². The number of carbonyl (C=O) groups is 2. The molecular weight excluding hydrogens is 244 g/mol. The number of rotatable bonds is 3. The number of benzene rings is 1. The zero-order valence-electron chi connectivity index (χ0n) is 10.1. The van der Waals surface area contributed by atoms with Crippen molar-refractivity contribution < 1.29 is 9.59 Å². The highest BCUT2D eigenvalue weighted by atomic mass is 16.1. The maximum absolute atomic E-state index is 11.4. The Kier molecular flexibility index (Phi) is 3.39. The molecule has 1 amide bonds. The van der Waals surface area contributed by atoms with Crippen molar-refractivity contribution in [2.75, 3.05) is 7.05 Å². The molecule has 2 rings (SSSR count). The van der Waals surface area contributed by atoms with E-state index >= 15 is 0 Å². The third kappa shape index (κ3) is 2.35. The summed E-state index contributed by atoms with van der Waals surface area (Å²) in [6, 6.07) is 8.23. The fourth-order valence-electron chi connectivity index (χ4n) is 1.62. The first-order valence-electron chi connectivity index (χ1n) is 5.47. The minimum atomic E-state index is -0.304. The van der Waals surface area contributed by atoms with Crippen LogP contribution in [0.25, 0.3) is 5.69 Å². The predicted octanol–water partition coefficient (Wildman–Crippen LogP) is 0.916. The number of carbonyl (C=O) groups excluding carboxylic acids is 2. The average Bonchev–Trinajstić information content (AvgIpc) is 2.95. The standard InChI is InChI=1S/C13H10N4O2/c1-15-13(19)11-4-5-17(16-11)12-3-2-9(8-18)6-10(12)7-14/h2-6,8H,1H3,(H,15,19). The summed E-state index contributed by atoms with van der Waals surface area (Å²) in [5, 5.41) is 15.6. The smallest absolute Gasteiger partial charge is 0.271 e. The lowest BCUT2D eigenvalue weighted by Gasteiger charge is -2.04. The van der Waals surface area contributed by atoms with Gasteiger partial charge in [-0.3, -0.25) is 9.59 Å². The fraction of sp³-hybridized carbons (Fsp3) is 0.0769. The molecule has 0 unspecified atom stereocenters. The third-order valence-electron chi connectivity index (χ3n) is 2.57. The first-order chi connectivity index (χ1) is 9.19. The van der Waals surface area contributed by atoms with Crippen molar-refractivity contribution >= 4 is 12.2 Å². The number of amides is 1. The van der Waals surface area contributed by atoms with Crippen molar-refractivity contribution in [2.45, 2.75) is 0 Å². The summed E-state index contributed by atoms with van der Waals surface area (Å²) in [5.74, 6) is -0.304. The normalized spacial score (nSPS) is 9.68. The molecule has 0 aliphatic heterocycles. The van der Waals surface area contributed by atoms with Crippen LogP contribution in [-0.4, -0.2) is 29.0 Å². The first-order valence-corrected chi connectivity index (χ1v) is 5.47. The maximum atomic E-state index is 11.4. The highest BCUT2D eigenvalue weighted by Crippen LogP contribution is 2.15. The molecule has 2 aromatic rings. The van der Waals surface area contributed by atoms with E-state index in [1.54, 1.807) is 24.4 Å². The van der Waals surface area contributed by atoms with Crippen LogP contribution in [0.1, 0.15) is 26.4 Å². The number of nitriles is 1. The molecule has 6 nitrogen and oxygen atoms in total. The third-order valence-corrected chi connectivity index (χ3v) is 2.57. The van der Waals surface area contributed by atoms with Crippen molar-refractivity contribution in [3.8, 4) is 11.8 Å². The summed E-state index contributed by atoms with van der Waals surface area (Å²) >= 11 is 0. The van der Waals surface area contributed by atoms with Crippen LogP contribution in [0.2, 0.25) is 0 Å². The number of nitrogens with one attached hydrogen (secondary N) is 1. The molecule has 1 aromatic heterocycles. The molecule has 0 radical (unpaired) electrons. The van der Waals surface area contributed by atoms with E-state index in [0.717, 1.165) is 0 Å². The zero-order valence-corrected chi connectivity index (χ0v) is 10.1. The second-order valence-corrected chi connectivity index (χ2v) is 3.73. The number of aldehydes is 1. The van der Waals surface area contributed by atoms with Gasteiger partial charge in [0.15, 0.2) is 5.69 Å². The molecule has 0 atom stereocenters. The van der Waals surface area contributed by atoms with Crippen LogP contribution in [0.15, 0.2) is 30.5 Å². The highest BCUT2D eigenvalue weighted by Gasteiger charge is 2.11. The van der Waals surface area contributed by atoms with Gasteiger partial charge in [-0.05, 0) is 24.3 Å². The lowest BCUT2D eigenvalue weighted by Crippen LogP contribution is -2.18. The Morgan fingerprint density at radius 1 is 1.47 bits per heavy atom. The number of aromatic nitrogens is 2. The summed E-state index contributed by atoms with van der Waals surface area (Å²) in [4.78, 5) is 22.1. The number of nitrogens with zero attached hydrogens (tertiary/aromatic N) is 3. The Labute approximate surface area is 109 Å². The second-order valence-electron chi connectivity index (χ2n) is 3.73. The van der Waals surface area contributed by atoms with Gasteiger partial charge in [-0.25, -0.2) is 4.68 Å². The highest BCUT2D eigenvalue weighted by molar-refractivity contribution is 5.91. The summed E-state index contributed by atoms with van der Waals surface area (Å²) in [6.45, 7) is 0.